The molecular formula is C16H20N2O3. The van der Waals surface area contributed by atoms with Crippen molar-refractivity contribution in [3.05, 3.63) is 29.3 Å². The number of rotatable bonds is 3. The highest BCUT2D eigenvalue weighted by atomic mass is 16.5. The Hall–Kier alpha value is -2.03. The molecule has 0 spiro atoms. The largest absolute Gasteiger partial charge is 0.495 e. The van der Waals surface area contributed by atoms with E-state index in [2.05, 4.69) is 17.2 Å². The van der Waals surface area contributed by atoms with Crippen molar-refractivity contribution in [3.8, 4) is 17.6 Å². The standard InChI is InChI=1S/C16H20N2O3/c1-16(7-9-21-11-16)18-15(19)13-5-6-14(20-2)12(10-13)4-3-8-17/h5-6,10H,7-9,11,17H2,1-2H3,(H,18,19). The van der Waals surface area contributed by atoms with E-state index in [4.69, 9.17) is 15.2 Å². The molecule has 2 rings (SSSR count). The van der Waals surface area contributed by atoms with Crippen molar-refractivity contribution in [2.24, 2.45) is 5.73 Å². The SMILES string of the molecule is COc1ccc(C(=O)NC2(C)CCOC2)cc1C#CCN. The van der Waals surface area contributed by atoms with Crippen molar-refractivity contribution in [1.29, 1.82) is 0 Å². The number of ether oxygens (including phenoxy) is 2. The predicted molar refractivity (Wildman–Crippen MR) is 80.2 cm³/mol. The summed E-state index contributed by atoms with van der Waals surface area (Å²) < 4.78 is 10.6. The van der Waals surface area contributed by atoms with Gasteiger partial charge in [0.25, 0.3) is 5.91 Å². The number of amides is 1. The van der Waals surface area contributed by atoms with Crippen LogP contribution in [0.1, 0.15) is 29.3 Å². The lowest BCUT2D eigenvalue weighted by Crippen LogP contribution is -2.46. The van der Waals surface area contributed by atoms with Gasteiger partial charge in [0.05, 0.1) is 31.4 Å². The third-order valence-electron chi connectivity index (χ3n) is 3.42. The van der Waals surface area contributed by atoms with Gasteiger partial charge >= 0.3 is 0 Å². The second-order valence-electron chi connectivity index (χ2n) is 5.24. The fourth-order valence-corrected chi connectivity index (χ4v) is 2.21. The first kappa shape index (κ1) is 15.4. The molecule has 3 N–H and O–H groups in total. The van der Waals surface area contributed by atoms with Crippen molar-refractivity contribution >= 4 is 5.91 Å². The van der Waals surface area contributed by atoms with Crippen molar-refractivity contribution in [3.63, 3.8) is 0 Å². The number of benzene rings is 1. The number of hydrogen-bond donors (Lipinski definition) is 2. The first-order chi connectivity index (χ1) is 10.1. The van der Waals surface area contributed by atoms with E-state index >= 15 is 0 Å². The summed E-state index contributed by atoms with van der Waals surface area (Å²) in [7, 11) is 1.57. The molecule has 5 heteroatoms. The van der Waals surface area contributed by atoms with Crippen LogP contribution < -0.4 is 15.8 Å². The van der Waals surface area contributed by atoms with Gasteiger partial charge in [-0.15, -0.1) is 0 Å². The second-order valence-corrected chi connectivity index (χ2v) is 5.24. The van der Waals surface area contributed by atoms with Gasteiger partial charge in [0.1, 0.15) is 5.75 Å². The van der Waals surface area contributed by atoms with E-state index in [1.54, 1.807) is 25.3 Å². The molecule has 1 aromatic carbocycles. The summed E-state index contributed by atoms with van der Waals surface area (Å²) in [5.74, 6) is 6.18. The van der Waals surface area contributed by atoms with E-state index in [0.29, 0.717) is 30.1 Å². The van der Waals surface area contributed by atoms with E-state index < -0.39 is 0 Å². The van der Waals surface area contributed by atoms with Crippen LogP contribution in [0.2, 0.25) is 0 Å². The minimum Gasteiger partial charge on any atom is -0.495 e. The van der Waals surface area contributed by atoms with Crippen LogP contribution in [0.25, 0.3) is 0 Å². The van der Waals surface area contributed by atoms with E-state index in [9.17, 15) is 4.79 Å². The third kappa shape index (κ3) is 3.75. The quantitative estimate of drug-likeness (QED) is 0.811. The molecular weight excluding hydrogens is 268 g/mol. The molecule has 1 unspecified atom stereocenters. The van der Waals surface area contributed by atoms with E-state index in [1.165, 1.54) is 0 Å². The van der Waals surface area contributed by atoms with Crippen LogP contribution in [0.15, 0.2) is 18.2 Å². The summed E-state index contributed by atoms with van der Waals surface area (Å²) in [6.45, 7) is 3.45. The van der Waals surface area contributed by atoms with Crippen molar-refractivity contribution in [2.45, 2.75) is 18.9 Å². The number of hydrogen-bond acceptors (Lipinski definition) is 4. The Morgan fingerprint density at radius 1 is 1.57 bits per heavy atom. The van der Waals surface area contributed by atoms with Crippen LogP contribution in [0.3, 0.4) is 0 Å². The molecule has 5 nitrogen and oxygen atoms in total. The average Bonchev–Trinajstić information content (AvgIpc) is 2.91. The smallest absolute Gasteiger partial charge is 0.251 e. The highest BCUT2D eigenvalue weighted by Crippen LogP contribution is 2.21. The summed E-state index contributed by atoms with van der Waals surface area (Å²) >= 11 is 0. The van der Waals surface area contributed by atoms with Gasteiger partial charge in [0.2, 0.25) is 0 Å². The summed E-state index contributed by atoms with van der Waals surface area (Å²) in [5.41, 5.74) is 6.28. The minimum absolute atomic E-state index is 0.138. The van der Waals surface area contributed by atoms with Crippen molar-refractivity contribution in [1.82, 2.24) is 5.32 Å². The van der Waals surface area contributed by atoms with Crippen LogP contribution >= 0.6 is 0 Å². The molecule has 0 radical (unpaired) electrons. The molecule has 21 heavy (non-hydrogen) atoms. The first-order valence-electron chi connectivity index (χ1n) is 6.85. The normalized spacial score (nSPS) is 20.5. The molecule has 1 atom stereocenters. The lowest BCUT2D eigenvalue weighted by molar-refractivity contribution is 0.0890. The van der Waals surface area contributed by atoms with E-state index in [-0.39, 0.29) is 18.0 Å². The van der Waals surface area contributed by atoms with Gasteiger partial charge in [0, 0.05) is 12.2 Å². The average molecular weight is 288 g/mol. The van der Waals surface area contributed by atoms with Gasteiger partial charge in [0.15, 0.2) is 0 Å². The number of methoxy groups -OCH3 is 1. The summed E-state index contributed by atoms with van der Waals surface area (Å²) in [4.78, 5) is 12.4. The maximum Gasteiger partial charge on any atom is 0.251 e. The number of carbonyl (C=O) groups excluding carboxylic acids is 1. The summed E-state index contributed by atoms with van der Waals surface area (Å²) in [6, 6.07) is 5.18. The fraction of sp³-hybridized carbons (Fsp3) is 0.438. The highest BCUT2D eigenvalue weighted by molar-refractivity contribution is 5.95. The van der Waals surface area contributed by atoms with Crippen LogP contribution in [-0.4, -0.2) is 38.3 Å². The zero-order chi connectivity index (χ0) is 15.3. The molecule has 1 heterocycles. The monoisotopic (exact) mass is 288 g/mol. The molecule has 1 aromatic rings. The van der Waals surface area contributed by atoms with Gasteiger partial charge < -0.3 is 20.5 Å². The Balaban J connectivity index is 2.21. The zero-order valence-corrected chi connectivity index (χ0v) is 12.4. The third-order valence-corrected chi connectivity index (χ3v) is 3.42. The Kier molecular flexibility index (Phi) is 4.84. The van der Waals surface area contributed by atoms with Crippen LogP contribution in [0.5, 0.6) is 5.75 Å². The van der Waals surface area contributed by atoms with Crippen molar-refractivity contribution < 1.29 is 14.3 Å². The van der Waals surface area contributed by atoms with E-state index in [0.717, 1.165) is 6.42 Å². The lowest BCUT2D eigenvalue weighted by atomic mass is 10.0. The van der Waals surface area contributed by atoms with Crippen LogP contribution in [0, 0.1) is 11.8 Å². The highest BCUT2D eigenvalue weighted by Gasteiger charge is 2.31. The number of nitrogens with two attached hydrogens (primary N) is 1. The Morgan fingerprint density at radius 2 is 2.38 bits per heavy atom. The van der Waals surface area contributed by atoms with Gasteiger partial charge in [-0.3, -0.25) is 4.79 Å². The second kappa shape index (κ2) is 6.61. The summed E-state index contributed by atoms with van der Waals surface area (Å²) in [6.07, 6.45) is 0.814. The van der Waals surface area contributed by atoms with Gasteiger partial charge in [-0.25, -0.2) is 0 Å². The summed E-state index contributed by atoms with van der Waals surface area (Å²) in [5, 5.41) is 3.01. The Morgan fingerprint density at radius 3 is 3.00 bits per heavy atom. The molecule has 1 amide bonds. The lowest BCUT2D eigenvalue weighted by Gasteiger charge is -2.23. The van der Waals surface area contributed by atoms with Crippen molar-refractivity contribution in [2.75, 3.05) is 26.9 Å². The van der Waals surface area contributed by atoms with Gasteiger partial charge in [-0.1, -0.05) is 11.8 Å². The molecule has 1 aliphatic heterocycles. The maximum atomic E-state index is 12.4. The van der Waals surface area contributed by atoms with Crippen LogP contribution in [-0.2, 0) is 4.74 Å². The topological polar surface area (TPSA) is 73.6 Å². The number of nitrogens with one attached hydrogen (secondary N) is 1. The van der Waals surface area contributed by atoms with E-state index in [1.807, 2.05) is 6.92 Å². The Bertz CT molecular complexity index is 581. The maximum absolute atomic E-state index is 12.4. The molecule has 1 saturated heterocycles. The molecule has 0 aliphatic carbocycles. The molecule has 0 bridgehead atoms. The van der Waals surface area contributed by atoms with Crippen LogP contribution in [0.4, 0.5) is 0 Å². The minimum atomic E-state index is -0.305. The zero-order valence-electron chi connectivity index (χ0n) is 12.4. The fourth-order valence-electron chi connectivity index (χ4n) is 2.21. The predicted octanol–water partition coefficient (Wildman–Crippen LogP) is 0.914. The number of carbonyl (C=O) groups is 1. The molecule has 0 saturated carbocycles. The Labute approximate surface area is 124 Å². The molecule has 1 aliphatic rings. The first-order valence-corrected chi connectivity index (χ1v) is 6.85. The molecule has 112 valence electrons. The van der Waals surface area contributed by atoms with Gasteiger partial charge in [-0.2, -0.15) is 0 Å². The molecule has 0 aromatic heterocycles. The van der Waals surface area contributed by atoms with Gasteiger partial charge in [-0.05, 0) is 31.5 Å². The molecule has 1 fully saturated rings.